The average molecular weight is 288 g/mol. The van der Waals surface area contributed by atoms with Crippen LogP contribution in [-0.4, -0.2) is 23.0 Å². The van der Waals surface area contributed by atoms with Crippen molar-refractivity contribution in [2.24, 2.45) is 0 Å². The molecule has 1 heterocycles. The predicted molar refractivity (Wildman–Crippen MR) is 81.1 cm³/mol. The topological polar surface area (TPSA) is 71.2 Å². The number of para-hydroxylation sites is 1. The van der Waals surface area contributed by atoms with Gasteiger partial charge >= 0.3 is 6.09 Å². The quantitative estimate of drug-likeness (QED) is 0.848. The number of benzene rings is 1. The second-order valence-electron chi connectivity index (χ2n) is 5.89. The number of carbonyl (C=O) groups excluding carboxylic acids is 2. The lowest BCUT2D eigenvalue weighted by atomic mass is 10.0. The van der Waals surface area contributed by atoms with E-state index in [-0.39, 0.29) is 6.42 Å². The number of alkyl carbamates (subject to hydrolysis) is 1. The van der Waals surface area contributed by atoms with Gasteiger partial charge in [0.2, 0.25) is 0 Å². The molecule has 0 radical (unpaired) electrons. The number of aromatic amines is 1. The number of ether oxygens (including phenoxy) is 1. The van der Waals surface area contributed by atoms with Crippen LogP contribution in [0.3, 0.4) is 0 Å². The Balaban J connectivity index is 2.23. The molecule has 2 N–H and O–H groups in total. The number of rotatable bonds is 4. The summed E-state index contributed by atoms with van der Waals surface area (Å²) in [5, 5.41) is 3.74. The molecule has 21 heavy (non-hydrogen) atoms. The molecule has 0 bridgehead atoms. The highest BCUT2D eigenvalue weighted by Crippen LogP contribution is 2.26. The first kappa shape index (κ1) is 15.1. The summed E-state index contributed by atoms with van der Waals surface area (Å²) in [7, 11) is 0. The molecule has 2 aromatic rings. The summed E-state index contributed by atoms with van der Waals surface area (Å²) in [5.74, 6) is 0. The van der Waals surface area contributed by atoms with E-state index in [1.165, 1.54) is 0 Å². The molecule has 0 unspecified atom stereocenters. The van der Waals surface area contributed by atoms with Gasteiger partial charge in [0.15, 0.2) is 0 Å². The fraction of sp³-hybridized carbons (Fsp3) is 0.375. The number of hydrogen-bond donors (Lipinski definition) is 2. The zero-order chi connectivity index (χ0) is 15.5. The number of amides is 1. The van der Waals surface area contributed by atoms with Crippen molar-refractivity contribution in [2.45, 2.75) is 38.8 Å². The van der Waals surface area contributed by atoms with Crippen molar-refractivity contribution in [3.63, 3.8) is 0 Å². The minimum Gasteiger partial charge on any atom is -0.444 e. The largest absolute Gasteiger partial charge is 0.444 e. The number of aldehydes is 1. The van der Waals surface area contributed by atoms with Crippen LogP contribution in [0.25, 0.3) is 10.9 Å². The molecule has 2 rings (SSSR count). The smallest absolute Gasteiger partial charge is 0.408 e. The Bertz CT molecular complexity index is 640. The summed E-state index contributed by atoms with van der Waals surface area (Å²) in [6.45, 7) is 5.40. The van der Waals surface area contributed by atoms with Crippen LogP contribution in [0, 0.1) is 0 Å². The van der Waals surface area contributed by atoms with Gasteiger partial charge in [-0.05, 0) is 26.8 Å². The lowest BCUT2D eigenvalue weighted by Crippen LogP contribution is -2.35. The highest BCUT2D eigenvalue weighted by Gasteiger charge is 2.22. The summed E-state index contributed by atoms with van der Waals surface area (Å²) in [6, 6.07) is 7.34. The van der Waals surface area contributed by atoms with E-state index in [9.17, 15) is 9.59 Å². The fourth-order valence-electron chi connectivity index (χ4n) is 2.19. The van der Waals surface area contributed by atoms with E-state index in [4.69, 9.17) is 4.74 Å². The zero-order valence-electron chi connectivity index (χ0n) is 12.5. The number of carbonyl (C=O) groups is 2. The van der Waals surface area contributed by atoms with E-state index in [1.54, 1.807) is 20.8 Å². The van der Waals surface area contributed by atoms with Crippen LogP contribution in [0.15, 0.2) is 30.5 Å². The van der Waals surface area contributed by atoms with Crippen molar-refractivity contribution in [1.29, 1.82) is 0 Å². The Kier molecular flexibility index (Phi) is 4.31. The minimum absolute atomic E-state index is 0.196. The third-order valence-corrected chi connectivity index (χ3v) is 3.02. The van der Waals surface area contributed by atoms with Gasteiger partial charge in [0.1, 0.15) is 11.9 Å². The van der Waals surface area contributed by atoms with Crippen LogP contribution in [0.2, 0.25) is 0 Å². The van der Waals surface area contributed by atoms with Crippen molar-refractivity contribution < 1.29 is 14.3 Å². The van der Waals surface area contributed by atoms with Crippen molar-refractivity contribution in [3.05, 3.63) is 36.0 Å². The molecule has 0 saturated carbocycles. The summed E-state index contributed by atoms with van der Waals surface area (Å²) < 4.78 is 5.25. The van der Waals surface area contributed by atoms with Crippen LogP contribution >= 0.6 is 0 Å². The Morgan fingerprint density at radius 2 is 2.10 bits per heavy atom. The number of H-pyrrole nitrogens is 1. The van der Waals surface area contributed by atoms with E-state index in [2.05, 4.69) is 10.3 Å². The highest BCUT2D eigenvalue weighted by molar-refractivity contribution is 5.84. The number of fused-ring (bicyclic) bond motifs is 1. The second kappa shape index (κ2) is 5.99. The molecule has 5 heteroatoms. The molecular weight excluding hydrogens is 268 g/mol. The summed E-state index contributed by atoms with van der Waals surface area (Å²) in [5.41, 5.74) is 1.27. The summed E-state index contributed by atoms with van der Waals surface area (Å²) in [4.78, 5) is 26.0. The molecule has 0 aliphatic rings. The first-order chi connectivity index (χ1) is 9.90. The van der Waals surface area contributed by atoms with Gasteiger partial charge in [-0.3, -0.25) is 0 Å². The van der Waals surface area contributed by atoms with E-state index >= 15 is 0 Å². The van der Waals surface area contributed by atoms with Gasteiger partial charge < -0.3 is 19.8 Å². The number of hydrogen-bond acceptors (Lipinski definition) is 3. The molecule has 1 aromatic heterocycles. The van der Waals surface area contributed by atoms with Crippen molar-refractivity contribution in [2.75, 3.05) is 0 Å². The van der Waals surface area contributed by atoms with Crippen LogP contribution in [0.5, 0.6) is 0 Å². The first-order valence-electron chi connectivity index (χ1n) is 6.90. The van der Waals surface area contributed by atoms with E-state index in [1.807, 2.05) is 30.5 Å². The van der Waals surface area contributed by atoms with Crippen LogP contribution < -0.4 is 5.32 Å². The molecule has 1 amide bonds. The first-order valence-corrected chi connectivity index (χ1v) is 6.90. The Hall–Kier alpha value is -2.30. The molecule has 0 saturated heterocycles. The van der Waals surface area contributed by atoms with Crippen LogP contribution in [0.4, 0.5) is 4.79 Å². The lowest BCUT2D eigenvalue weighted by Gasteiger charge is -2.22. The predicted octanol–water partition coefficient (Wildman–Crippen LogP) is 3.32. The highest BCUT2D eigenvalue weighted by atomic mass is 16.6. The number of nitrogens with one attached hydrogen (secondary N) is 2. The fourth-order valence-corrected chi connectivity index (χ4v) is 2.19. The molecular formula is C16H20N2O3. The third-order valence-electron chi connectivity index (χ3n) is 3.02. The summed E-state index contributed by atoms with van der Waals surface area (Å²) >= 11 is 0. The lowest BCUT2D eigenvalue weighted by molar-refractivity contribution is -0.108. The van der Waals surface area contributed by atoms with Crippen LogP contribution in [-0.2, 0) is 9.53 Å². The van der Waals surface area contributed by atoms with Gasteiger partial charge in [0.05, 0.1) is 6.04 Å². The number of aromatic nitrogens is 1. The minimum atomic E-state index is -0.573. The molecule has 0 spiro atoms. The van der Waals surface area contributed by atoms with Gasteiger partial charge in [-0.25, -0.2) is 4.79 Å². The van der Waals surface area contributed by atoms with Gasteiger partial charge in [-0.2, -0.15) is 0 Å². The third kappa shape index (κ3) is 3.84. The van der Waals surface area contributed by atoms with Gasteiger partial charge in [-0.1, -0.05) is 18.2 Å². The second-order valence-corrected chi connectivity index (χ2v) is 5.89. The normalized spacial score (nSPS) is 12.9. The van der Waals surface area contributed by atoms with Crippen molar-refractivity contribution >= 4 is 23.3 Å². The van der Waals surface area contributed by atoms with Crippen molar-refractivity contribution in [3.8, 4) is 0 Å². The van der Waals surface area contributed by atoms with E-state index in [0.29, 0.717) is 0 Å². The monoisotopic (exact) mass is 288 g/mol. The Morgan fingerprint density at radius 1 is 1.38 bits per heavy atom. The average Bonchev–Trinajstić information content (AvgIpc) is 2.79. The van der Waals surface area contributed by atoms with Gasteiger partial charge in [0.25, 0.3) is 0 Å². The Morgan fingerprint density at radius 3 is 2.76 bits per heavy atom. The maximum absolute atomic E-state index is 11.9. The molecule has 0 fully saturated rings. The zero-order valence-corrected chi connectivity index (χ0v) is 12.5. The molecule has 1 atom stereocenters. The van der Waals surface area contributed by atoms with Gasteiger partial charge in [0, 0.05) is 29.1 Å². The molecule has 112 valence electrons. The summed E-state index contributed by atoms with van der Waals surface area (Å²) in [6.07, 6.45) is 2.28. The standard InChI is InChI=1S/C16H20N2O3/c1-16(2,3)21-15(20)18-14(8-9-19)12-10-17-13-7-5-4-6-11(12)13/h4-7,9-10,14,17H,8H2,1-3H3,(H,18,20)/t14-/m0/s1. The van der Waals surface area contributed by atoms with Crippen molar-refractivity contribution in [1.82, 2.24) is 10.3 Å². The Labute approximate surface area is 123 Å². The maximum atomic E-state index is 11.9. The molecule has 1 aromatic carbocycles. The van der Waals surface area contributed by atoms with E-state index in [0.717, 1.165) is 22.8 Å². The van der Waals surface area contributed by atoms with E-state index < -0.39 is 17.7 Å². The molecule has 0 aliphatic carbocycles. The van der Waals surface area contributed by atoms with Crippen LogP contribution in [0.1, 0.15) is 38.8 Å². The maximum Gasteiger partial charge on any atom is 0.408 e. The molecule has 5 nitrogen and oxygen atoms in total. The molecule has 0 aliphatic heterocycles. The SMILES string of the molecule is CC(C)(C)OC(=O)N[C@@H](CC=O)c1c[nH]c2ccccc12. The van der Waals surface area contributed by atoms with Gasteiger partial charge in [-0.15, -0.1) is 0 Å².